The van der Waals surface area contributed by atoms with Crippen molar-refractivity contribution in [3.8, 4) is 0 Å². The Morgan fingerprint density at radius 1 is 1.06 bits per heavy atom. The van der Waals surface area contributed by atoms with Crippen LogP contribution in [0.15, 0.2) is 0 Å². The summed E-state index contributed by atoms with van der Waals surface area (Å²) in [7, 11) is 2.04. The predicted octanol–water partition coefficient (Wildman–Crippen LogP) is 5.80. The second-order valence-corrected chi connectivity index (χ2v) is 13.8. The molecule has 4 fully saturated rings. The van der Waals surface area contributed by atoms with E-state index >= 15 is 0 Å². The molecule has 4 rings (SSSR count). The highest BCUT2D eigenvalue weighted by Crippen LogP contribution is 2.64. The number of hydrogen-bond acceptors (Lipinski definition) is 2. The summed E-state index contributed by atoms with van der Waals surface area (Å²) < 4.78 is 0. The second-order valence-electron chi connectivity index (χ2n) is 13.8. The Labute approximate surface area is 196 Å². The summed E-state index contributed by atoms with van der Waals surface area (Å²) >= 11 is 0. The van der Waals surface area contributed by atoms with Gasteiger partial charge in [0.25, 0.3) is 0 Å². The molecule has 3 aliphatic carbocycles. The fourth-order valence-corrected chi connectivity index (χ4v) is 9.07. The molecule has 4 aliphatic rings. The third-order valence-electron chi connectivity index (χ3n) is 10.4. The van der Waals surface area contributed by atoms with Crippen LogP contribution in [0.4, 0.5) is 0 Å². The molecule has 1 saturated heterocycles. The van der Waals surface area contributed by atoms with Crippen LogP contribution in [0.5, 0.6) is 0 Å². The van der Waals surface area contributed by atoms with Crippen LogP contribution in [0.3, 0.4) is 0 Å². The number of rotatable bonds is 4. The number of nitrogens with zero attached hydrogens (tertiary/aromatic N) is 1. The SMILES string of the molecule is CC(CC(=O)NC1CC[C@H]2[C@@H]3CCC4N(C)C(=O)CC[C@]4(C)[C@@H]3CC[C@]12C)CC(C)(C)C. The van der Waals surface area contributed by atoms with Gasteiger partial charge < -0.3 is 10.2 Å². The Balaban J connectivity index is 1.43. The fourth-order valence-electron chi connectivity index (χ4n) is 9.07. The minimum Gasteiger partial charge on any atom is -0.353 e. The maximum atomic E-state index is 13.0. The third kappa shape index (κ3) is 4.13. The zero-order chi connectivity index (χ0) is 23.5. The average molecular weight is 445 g/mol. The maximum absolute atomic E-state index is 13.0. The van der Waals surface area contributed by atoms with E-state index in [0.717, 1.165) is 49.9 Å². The molecule has 1 heterocycles. The first-order valence-corrected chi connectivity index (χ1v) is 13.4. The van der Waals surface area contributed by atoms with Crippen LogP contribution in [0.2, 0.25) is 0 Å². The summed E-state index contributed by atoms with van der Waals surface area (Å²) in [4.78, 5) is 27.4. The lowest BCUT2D eigenvalue weighted by molar-refractivity contribution is -0.157. The van der Waals surface area contributed by atoms with Crippen LogP contribution in [-0.2, 0) is 9.59 Å². The van der Waals surface area contributed by atoms with Gasteiger partial charge in [-0.3, -0.25) is 9.59 Å². The molecule has 0 radical (unpaired) electrons. The van der Waals surface area contributed by atoms with Crippen molar-refractivity contribution in [3.05, 3.63) is 0 Å². The largest absolute Gasteiger partial charge is 0.353 e. The summed E-state index contributed by atoms with van der Waals surface area (Å²) in [6.45, 7) is 14.0. The van der Waals surface area contributed by atoms with E-state index in [-0.39, 0.29) is 22.2 Å². The van der Waals surface area contributed by atoms with Gasteiger partial charge in [0, 0.05) is 32.0 Å². The molecule has 0 bridgehead atoms. The Morgan fingerprint density at radius 3 is 2.44 bits per heavy atom. The zero-order valence-electron chi connectivity index (χ0n) is 21.8. The van der Waals surface area contributed by atoms with Crippen LogP contribution in [0.1, 0.15) is 106 Å². The van der Waals surface area contributed by atoms with Crippen LogP contribution in [0.25, 0.3) is 0 Å². The summed E-state index contributed by atoms with van der Waals surface area (Å²) in [5.74, 6) is 3.25. The smallest absolute Gasteiger partial charge is 0.222 e. The van der Waals surface area contributed by atoms with E-state index in [0.29, 0.717) is 30.3 Å². The van der Waals surface area contributed by atoms with E-state index in [1.54, 1.807) is 0 Å². The first-order chi connectivity index (χ1) is 14.8. The van der Waals surface area contributed by atoms with Gasteiger partial charge in [-0.1, -0.05) is 41.5 Å². The van der Waals surface area contributed by atoms with Crippen molar-refractivity contribution in [2.45, 2.75) is 118 Å². The van der Waals surface area contributed by atoms with Crippen molar-refractivity contribution in [3.63, 3.8) is 0 Å². The molecule has 0 aromatic heterocycles. The van der Waals surface area contributed by atoms with E-state index in [1.807, 2.05) is 7.05 Å². The zero-order valence-corrected chi connectivity index (χ0v) is 21.8. The first kappa shape index (κ1) is 24.1. The van der Waals surface area contributed by atoms with Crippen LogP contribution in [-0.4, -0.2) is 35.8 Å². The van der Waals surface area contributed by atoms with Gasteiger partial charge in [0.1, 0.15) is 0 Å². The monoisotopic (exact) mass is 444 g/mol. The Hall–Kier alpha value is -1.06. The van der Waals surface area contributed by atoms with Gasteiger partial charge in [0.05, 0.1) is 0 Å². The van der Waals surface area contributed by atoms with E-state index in [9.17, 15) is 9.59 Å². The standard InChI is InChI=1S/C28H48N2O2/c1-18(17-26(2,3)4)16-24(31)29-22-10-9-20-19-8-11-23-28(6,15-13-25(32)30(23)7)21(19)12-14-27(20,22)5/h18-23H,8-17H2,1-7H3,(H,29,31)/t18?,19-,20-,21+,22?,23?,27-,28+/m0/s1. The number of amides is 2. The number of piperidine rings is 1. The molecule has 4 nitrogen and oxygen atoms in total. The second kappa shape index (κ2) is 8.31. The van der Waals surface area contributed by atoms with Crippen molar-refractivity contribution in [1.29, 1.82) is 0 Å². The Morgan fingerprint density at radius 2 is 1.75 bits per heavy atom. The van der Waals surface area contributed by atoms with Crippen LogP contribution >= 0.6 is 0 Å². The highest BCUT2D eigenvalue weighted by atomic mass is 16.2. The minimum atomic E-state index is 0.240. The van der Waals surface area contributed by atoms with Gasteiger partial charge >= 0.3 is 0 Å². The Kier molecular flexibility index (Phi) is 6.25. The number of nitrogens with one attached hydrogen (secondary N) is 1. The molecular formula is C28H48N2O2. The molecular weight excluding hydrogens is 396 g/mol. The molecule has 3 unspecified atom stereocenters. The molecule has 182 valence electrons. The van der Waals surface area contributed by atoms with Crippen molar-refractivity contribution in [1.82, 2.24) is 10.2 Å². The van der Waals surface area contributed by atoms with Gasteiger partial charge in [-0.05, 0) is 91.3 Å². The summed E-state index contributed by atoms with van der Waals surface area (Å²) in [6.07, 6.45) is 10.8. The van der Waals surface area contributed by atoms with Gasteiger partial charge in [-0.25, -0.2) is 0 Å². The summed E-state index contributed by atoms with van der Waals surface area (Å²) in [5.41, 5.74) is 0.787. The quantitative estimate of drug-likeness (QED) is 0.596. The summed E-state index contributed by atoms with van der Waals surface area (Å²) in [5, 5.41) is 3.52. The molecule has 1 N–H and O–H groups in total. The lowest BCUT2D eigenvalue weighted by Crippen LogP contribution is -2.62. The highest BCUT2D eigenvalue weighted by molar-refractivity contribution is 5.77. The van der Waals surface area contributed by atoms with E-state index in [2.05, 4.69) is 51.8 Å². The van der Waals surface area contributed by atoms with Gasteiger partial charge in [-0.15, -0.1) is 0 Å². The van der Waals surface area contributed by atoms with Gasteiger partial charge in [0.2, 0.25) is 11.8 Å². The molecule has 3 saturated carbocycles. The molecule has 0 aromatic rings. The van der Waals surface area contributed by atoms with E-state index in [4.69, 9.17) is 0 Å². The lowest BCUT2D eigenvalue weighted by Gasteiger charge is -2.61. The van der Waals surface area contributed by atoms with E-state index in [1.165, 1.54) is 25.7 Å². The minimum absolute atomic E-state index is 0.240. The Bertz CT molecular complexity index is 742. The molecule has 4 heteroatoms. The molecule has 1 aliphatic heterocycles. The van der Waals surface area contributed by atoms with Gasteiger partial charge in [-0.2, -0.15) is 0 Å². The molecule has 32 heavy (non-hydrogen) atoms. The lowest BCUT2D eigenvalue weighted by atomic mass is 9.47. The number of carbonyl (C=O) groups excluding carboxylic acids is 2. The summed E-state index contributed by atoms with van der Waals surface area (Å²) in [6, 6.07) is 0.763. The van der Waals surface area contributed by atoms with E-state index < -0.39 is 0 Å². The van der Waals surface area contributed by atoms with Crippen LogP contribution < -0.4 is 5.32 Å². The topological polar surface area (TPSA) is 49.4 Å². The first-order valence-electron chi connectivity index (χ1n) is 13.4. The molecule has 2 amide bonds. The average Bonchev–Trinajstić information content (AvgIpc) is 3.00. The van der Waals surface area contributed by atoms with Crippen molar-refractivity contribution in [2.24, 2.45) is 39.9 Å². The maximum Gasteiger partial charge on any atom is 0.222 e. The third-order valence-corrected chi connectivity index (χ3v) is 10.4. The molecule has 0 aromatic carbocycles. The number of likely N-dealkylation sites (tertiary alicyclic amines) is 1. The number of carbonyl (C=O) groups is 2. The van der Waals surface area contributed by atoms with Gasteiger partial charge in [0.15, 0.2) is 0 Å². The van der Waals surface area contributed by atoms with Crippen molar-refractivity contribution < 1.29 is 9.59 Å². The number of hydrogen-bond donors (Lipinski definition) is 1. The van der Waals surface area contributed by atoms with Crippen LogP contribution in [0, 0.1) is 39.9 Å². The fraction of sp³-hybridized carbons (Fsp3) is 0.929. The van der Waals surface area contributed by atoms with Crippen molar-refractivity contribution >= 4 is 11.8 Å². The normalized spacial score (nSPS) is 42.7. The highest BCUT2D eigenvalue weighted by Gasteiger charge is 2.61. The van der Waals surface area contributed by atoms with Crippen molar-refractivity contribution in [2.75, 3.05) is 7.05 Å². The predicted molar refractivity (Wildman–Crippen MR) is 130 cm³/mol. The molecule has 8 atom stereocenters. The number of fused-ring (bicyclic) bond motifs is 5. The molecule has 0 spiro atoms.